The van der Waals surface area contributed by atoms with E-state index in [9.17, 15) is 9.59 Å². The molecule has 3 rings (SSSR count). The lowest BCUT2D eigenvalue weighted by atomic mass is 9.96. The predicted molar refractivity (Wildman–Crippen MR) is 108 cm³/mol. The van der Waals surface area contributed by atoms with Crippen molar-refractivity contribution in [3.05, 3.63) is 59.7 Å². The quantitative estimate of drug-likeness (QED) is 0.642. The highest BCUT2D eigenvalue weighted by Gasteiger charge is 2.29. The Morgan fingerprint density at radius 2 is 1.64 bits per heavy atom. The maximum Gasteiger partial charge on any atom is 0.306 e. The summed E-state index contributed by atoms with van der Waals surface area (Å²) in [5.41, 5.74) is 10.8. The van der Waals surface area contributed by atoms with Gasteiger partial charge in [0.25, 0.3) is 0 Å². The van der Waals surface area contributed by atoms with E-state index < -0.39 is 5.97 Å². The molecule has 1 aliphatic rings. The summed E-state index contributed by atoms with van der Waals surface area (Å²) < 4.78 is 5.62. The van der Waals surface area contributed by atoms with Gasteiger partial charge in [0, 0.05) is 24.8 Å². The largest absolute Gasteiger partial charge is 0.481 e. The molecular weight excluding hydrogens is 354 g/mol. The van der Waals surface area contributed by atoms with E-state index in [1.807, 2.05) is 31.2 Å². The van der Waals surface area contributed by atoms with Gasteiger partial charge in [0.1, 0.15) is 6.61 Å². The van der Waals surface area contributed by atoms with Crippen LogP contribution in [0.5, 0.6) is 0 Å². The molecule has 148 valence electrons. The molecule has 2 aromatic carbocycles. The van der Waals surface area contributed by atoms with Crippen LogP contribution >= 0.6 is 0 Å². The van der Waals surface area contributed by atoms with E-state index in [2.05, 4.69) is 24.3 Å². The lowest BCUT2D eigenvalue weighted by Gasteiger charge is -2.18. The van der Waals surface area contributed by atoms with E-state index >= 15 is 0 Å². The molecule has 0 radical (unpaired) electrons. The fraction of sp³-hybridized carbons (Fsp3) is 0.391. The molecule has 5 nitrogen and oxygen atoms in total. The Hall–Kier alpha value is -2.66. The molecule has 28 heavy (non-hydrogen) atoms. The summed E-state index contributed by atoms with van der Waals surface area (Å²) in [6, 6.07) is 16.3. The van der Waals surface area contributed by atoms with Gasteiger partial charge in [0.15, 0.2) is 0 Å². The first-order valence-electron chi connectivity index (χ1n) is 9.77. The van der Waals surface area contributed by atoms with Crippen LogP contribution in [0.4, 0.5) is 0 Å². The van der Waals surface area contributed by atoms with Crippen molar-refractivity contribution < 1.29 is 19.4 Å². The standard InChI is InChI=1S/C23H27NO4/c1-15(12-16(24)10-11-22(25)26)13-23(27)28-14-21-19-8-4-2-6-17(19)18-7-3-5-9-20(18)21/h2-9,15-16,21H,10-14,24H2,1H3,(H,25,26)/t15?,16-/m0/s1. The third-order valence-corrected chi connectivity index (χ3v) is 5.32. The second kappa shape index (κ2) is 9.02. The van der Waals surface area contributed by atoms with Crippen molar-refractivity contribution in [3.63, 3.8) is 0 Å². The molecule has 0 saturated carbocycles. The maximum absolute atomic E-state index is 12.3. The molecule has 0 fully saturated rings. The number of nitrogens with two attached hydrogens (primary N) is 1. The average molecular weight is 381 g/mol. The van der Waals surface area contributed by atoms with E-state index in [1.54, 1.807) is 0 Å². The van der Waals surface area contributed by atoms with Crippen LogP contribution in [0.2, 0.25) is 0 Å². The smallest absolute Gasteiger partial charge is 0.306 e. The van der Waals surface area contributed by atoms with Crippen molar-refractivity contribution in [1.82, 2.24) is 0 Å². The molecule has 0 aliphatic heterocycles. The summed E-state index contributed by atoms with van der Waals surface area (Å²) in [6.07, 6.45) is 1.37. The fourth-order valence-electron chi connectivity index (χ4n) is 3.99. The minimum Gasteiger partial charge on any atom is -0.481 e. The Balaban J connectivity index is 1.54. The second-order valence-electron chi connectivity index (χ2n) is 7.65. The van der Waals surface area contributed by atoms with Crippen LogP contribution in [0.25, 0.3) is 11.1 Å². The highest BCUT2D eigenvalue weighted by molar-refractivity contribution is 5.79. The van der Waals surface area contributed by atoms with Crippen LogP contribution in [0.1, 0.15) is 49.7 Å². The third kappa shape index (κ3) is 4.78. The van der Waals surface area contributed by atoms with Crippen LogP contribution in [-0.4, -0.2) is 29.7 Å². The Morgan fingerprint density at radius 3 is 2.21 bits per heavy atom. The number of hydrogen-bond donors (Lipinski definition) is 2. The maximum atomic E-state index is 12.3. The first-order valence-corrected chi connectivity index (χ1v) is 9.77. The second-order valence-corrected chi connectivity index (χ2v) is 7.65. The number of rotatable bonds is 9. The zero-order chi connectivity index (χ0) is 20.1. The average Bonchev–Trinajstić information content (AvgIpc) is 2.98. The highest BCUT2D eigenvalue weighted by atomic mass is 16.5. The van der Waals surface area contributed by atoms with Crippen molar-refractivity contribution in [2.75, 3.05) is 6.61 Å². The SMILES string of the molecule is CC(CC(=O)OCC1c2ccccc2-c2ccccc21)C[C@@H](N)CCC(=O)O. The molecule has 1 aliphatic carbocycles. The summed E-state index contributed by atoms with van der Waals surface area (Å²) in [7, 11) is 0. The van der Waals surface area contributed by atoms with Crippen LogP contribution in [-0.2, 0) is 14.3 Å². The molecule has 2 atom stereocenters. The van der Waals surface area contributed by atoms with Gasteiger partial charge in [0.2, 0.25) is 0 Å². The van der Waals surface area contributed by atoms with Gasteiger partial charge in [0.05, 0.1) is 0 Å². The van der Waals surface area contributed by atoms with Gasteiger partial charge in [-0.1, -0.05) is 55.5 Å². The number of hydrogen-bond acceptors (Lipinski definition) is 4. The minimum atomic E-state index is -0.848. The minimum absolute atomic E-state index is 0.0544. The van der Waals surface area contributed by atoms with Crippen molar-refractivity contribution in [2.24, 2.45) is 11.7 Å². The summed E-state index contributed by atoms with van der Waals surface area (Å²) in [4.78, 5) is 22.9. The van der Waals surface area contributed by atoms with Crippen molar-refractivity contribution in [2.45, 2.75) is 44.6 Å². The number of benzene rings is 2. The molecule has 0 amide bonds. The van der Waals surface area contributed by atoms with E-state index in [0.717, 1.165) is 0 Å². The number of aliphatic carboxylic acids is 1. The number of carboxylic acids is 1. The molecule has 2 aromatic rings. The Morgan fingerprint density at radius 1 is 1.07 bits per heavy atom. The molecule has 0 aromatic heterocycles. The lowest BCUT2D eigenvalue weighted by Crippen LogP contribution is -2.25. The van der Waals surface area contributed by atoms with Gasteiger partial charge in [-0.05, 0) is 41.0 Å². The van der Waals surface area contributed by atoms with Gasteiger partial charge in [-0.15, -0.1) is 0 Å². The molecule has 0 spiro atoms. The molecule has 1 unspecified atom stereocenters. The van der Waals surface area contributed by atoms with Crippen molar-refractivity contribution in [1.29, 1.82) is 0 Å². The number of carbonyl (C=O) groups excluding carboxylic acids is 1. The van der Waals surface area contributed by atoms with Gasteiger partial charge < -0.3 is 15.6 Å². The number of carbonyl (C=O) groups is 2. The van der Waals surface area contributed by atoms with E-state index in [4.69, 9.17) is 15.6 Å². The van der Waals surface area contributed by atoms with Gasteiger partial charge in [-0.2, -0.15) is 0 Å². The first-order chi connectivity index (χ1) is 13.5. The topological polar surface area (TPSA) is 89.6 Å². The van der Waals surface area contributed by atoms with Crippen LogP contribution in [0.15, 0.2) is 48.5 Å². The van der Waals surface area contributed by atoms with Gasteiger partial charge >= 0.3 is 11.9 Å². The Bertz CT molecular complexity index is 803. The van der Waals surface area contributed by atoms with Gasteiger partial charge in [-0.3, -0.25) is 9.59 Å². The van der Waals surface area contributed by atoms with E-state index in [-0.39, 0.29) is 36.7 Å². The van der Waals surface area contributed by atoms with Gasteiger partial charge in [-0.25, -0.2) is 0 Å². The number of carboxylic acid groups (broad SMARTS) is 1. The number of fused-ring (bicyclic) bond motifs is 3. The Kier molecular flexibility index (Phi) is 6.47. The molecule has 0 saturated heterocycles. The van der Waals surface area contributed by atoms with Crippen LogP contribution < -0.4 is 5.73 Å². The summed E-state index contributed by atoms with van der Waals surface area (Å²) in [6.45, 7) is 2.27. The summed E-state index contributed by atoms with van der Waals surface area (Å²) in [5.74, 6) is -0.969. The zero-order valence-electron chi connectivity index (χ0n) is 16.1. The first kappa shape index (κ1) is 20.1. The van der Waals surface area contributed by atoms with E-state index in [0.29, 0.717) is 19.4 Å². The van der Waals surface area contributed by atoms with Crippen LogP contribution in [0.3, 0.4) is 0 Å². The summed E-state index contributed by atoms with van der Waals surface area (Å²) in [5, 5.41) is 8.73. The predicted octanol–water partition coefficient (Wildman–Crippen LogP) is 3.95. The monoisotopic (exact) mass is 381 g/mol. The highest BCUT2D eigenvalue weighted by Crippen LogP contribution is 2.44. The van der Waals surface area contributed by atoms with E-state index in [1.165, 1.54) is 22.3 Å². The molecular formula is C23H27NO4. The molecule has 0 bridgehead atoms. The lowest BCUT2D eigenvalue weighted by molar-refractivity contribution is -0.145. The van der Waals surface area contributed by atoms with Crippen molar-refractivity contribution in [3.8, 4) is 11.1 Å². The van der Waals surface area contributed by atoms with Crippen molar-refractivity contribution >= 4 is 11.9 Å². The zero-order valence-corrected chi connectivity index (χ0v) is 16.1. The molecule has 0 heterocycles. The summed E-state index contributed by atoms with van der Waals surface area (Å²) >= 11 is 0. The normalized spacial score (nSPS) is 14.8. The molecule has 5 heteroatoms. The third-order valence-electron chi connectivity index (χ3n) is 5.32. The fourth-order valence-corrected chi connectivity index (χ4v) is 3.99. The number of esters is 1. The number of ether oxygens (including phenoxy) is 1. The van der Waals surface area contributed by atoms with Crippen LogP contribution in [0, 0.1) is 5.92 Å². The Labute approximate surface area is 165 Å². The molecule has 3 N–H and O–H groups in total.